The van der Waals surface area contributed by atoms with E-state index in [1.165, 1.54) is 0 Å². The summed E-state index contributed by atoms with van der Waals surface area (Å²) >= 11 is 0. The van der Waals surface area contributed by atoms with Gasteiger partial charge in [0.1, 0.15) is 18.7 Å². The Morgan fingerprint density at radius 3 is 2.14 bits per heavy atom. The number of hydrogen-bond donors (Lipinski definition) is 4. The van der Waals surface area contributed by atoms with Crippen molar-refractivity contribution >= 4 is 29.4 Å². The molecule has 0 saturated heterocycles. The molecule has 0 fully saturated rings. The number of amides is 3. The number of rotatable bonds is 19. The Balaban J connectivity index is 2.09. The van der Waals surface area contributed by atoms with Gasteiger partial charge in [-0.1, -0.05) is 82.5 Å². The molecule has 2 atom stereocenters. The van der Waals surface area contributed by atoms with Crippen LogP contribution in [0.25, 0.3) is 0 Å². The maximum Gasteiger partial charge on any atom is 0.308 e. The zero-order valence-electron chi connectivity index (χ0n) is 25.3. The number of nitrogens with one attached hydrogen (secondary N) is 3. The number of unbranched alkanes of at least 4 members (excludes halogenated alkanes) is 4. The number of carbonyl (C=O) groups is 4. The summed E-state index contributed by atoms with van der Waals surface area (Å²) in [5, 5.41) is 8.66. The minimum Gasteiger partial charge on any atom is -0.461 e. The highest BCUT2D eigenvalue weighted by Crippen LogP contribution is 2.14. The van der Waals surface area contributed by atoms with E-state index in [-0.39, 0.29) is 30.3 Å². The van der Waals surface area contributed by atoms with Gasteiger partial charge in [-0.05, 0) is 55.5 Å². The van der Waals surface area contributed by atoms with Gasteiger partial charge in [0.15, 0.2) is 0 Å². The Labute approximate surface area is 250 Å². The summed E-state index contributed by atoms with van der Waals surface area (Å²) in [6.45, 7) is 6.29. The van der Waals surface area contributed by atoms with Gasteiger partial charge < -0.3 is 26.4 Å². The maximum atomic E-state index is 13.5. The predicted octanol–water partition coefficient (Wildman–Crippen LogP) is 4.64. The van der Waals surface area contributed by atoms with Crippen LogP contribution in [0.2, 0.25) is 0 Å². The first kappa shape index (κ1) is 34.5. The Bertz CT molecular complexity index is 1110. The van der Waals surface area contributed by atoms with Crippen LogP contribution in [0.1, 0.15) is 83.3 Å². The summed E-state index contributed by atoms with van der Waals surface area (Å²) in [4.78, 5) is 51.3. The molecule has 0 saturated carbocycles. The first-order valence-electron chi connectivity index (χ1n) is 15.1. The van der Waals surface area contributed by atoms with E-state index in [0.717, 1.165) is 36.8 Å². The number of benzene rings is 2. The molecule has 42 heavy (non-hydrogen) atoms. The lowest BCUT2D eigenvalue weighted by atomic mass is 10.0. The smallest absolute Gasteiger partial charge is 0.308 e. The second-order valence-corrected chi connectivity index (χ2v) is 10.9. The molecule has 0 bridgehead atoms. The lowest BCUT2D eigenvalue weighted by molar-refractivity contribution is -0.148. The molecule has 0 aliphatic rings. The first-order chi connectivity index (χ1) is 20.2. The molecule has 230 valence electrons. The highest BCUT2D eigenvalue weighted by molar-refractivity contribution is 5.98. The van der Waals surface area contributed by atoms with E-state index in [9.17, 15) is 19.2 Å². The van der Waals surface area contributed by atoms with Crippen LogP contribution in [-0.2, 0) is 36.9 Å². The van der Waals surface area contributed by atoms with Crippen molar-refractivity contribution in [3.63, 3.8) is 0 Å². The van der Waals surface area contributed by atoms with Crippen molar-refractivity contribution in [2.75, 3.05) is 11.9 Å². The topological polar surface area (TPSA) is 140 Å². The number of carbonyl (C=O) groups excluding carboxylic acids is 4. The average molecular weight is 581 g/mol. The molecule has 2 aromatic rings. The highest BCUT2D eigenvalue weighted by Gasteiger charge is 2.27. The largest absolute Gasteiger partial charge is 0.461 e. The summed E-state index contributed by atoms with van der Waals surface area (Å²) in [5.74, 6) is -1.42. The maximum absolute atomic E-state index is 13.5. The van der Waals surface area contributed by atoms with Crippen LogP contribution in [0, 0.1) is 5.92 Å². The van der Waals surface area contributed by atoms with Crippen LogP contribution in [0.15, 0.2) is 54.6 Å². The molecule has 0 aromatic heterocycles. The van der Waals surface area contributed by atoms with Gasteiger partial charge in [0.05, 0.1) is 5.92 Å². The van der Waals surface area contributed by atoms with Crippen LogP contribution in [0.3, 0.4) is 0 Å². The molecule has 2 rings (SSSR count). The third-order valence-electron chi connectivity index (χ3n) is 6.85. The minimum absolute atomic E-state index is 0.149. The van der Waals surface area contributed by atoms with Gasteiger partial charge in [-0.3, -0.25) is 19.2 Å². The summed E-state index contributed by atoms with van der Waals surface area (Å²) in [6.07, 6.45) is 6.31. The van der Waals surface area contributed by atoms with Crippen molar-refractivity contribution in [1.29, 1.82) is 0 Å². The molecular formula is C33H48N4O5. The Kier molecular flexibility index (Phi) is 15.9. The first-order valence-corrected chi connectivity index (χ1v) is 15.1. The fourth-order valence-electron chi connectivity index (χ4n) is 4.31. The number of esters is 1. The van der Waals surface area contributed by atoms with Gasteiger partial charge in [-0.15, -0.1) is 0 Å². The summed E-state index contributed by atoms with van der Waals surface area (Å²) in [6, 6.07) is 14.9. The lowest BCUT2D eigenvalue weighted by Crippen LogP contribution is -2.53. The lowest BCUT2D eigenvalue weighted by Gasteiger charge is -2.23. The van der Waals surface area contributed by atoms with Gasteiger partial charge >= 0.3 is 5.97 Å². The van der Waals surface area contributed by atoms with Gasteiger partial charge in [-0.2, -0.15) is 0 Å². The number of hydrogen-bond acceptors (Lipinski definition) is 6. The SMILES string of the molecule is CCCCCCC(=O)N[C@@H](Cc1ccccc1)C(=O)N[C@@H](CCCCN)C(=O)Nc1ccc(COC(=O)C(C)C)cc1. The van der Waals surface area contributed by atoms with Crippen molar-refractivity contribution in [2.45, 2.75) is 97.2 Å². The van der Waals surface area contributed by atoms with E-state index in [4.69, 9.17) is 10.5 Å². The van der Waals surface area contributed by atoms with Gasteiger partial charge in [0.2, 0.25) is 17.7 Å². The third kappa shape index (κ3) is 13.3. The van der Waals surface area contributed by atoms with E-state index >= 15 is 0 Å². The van der Waals surface area contributed by atoms with E-state index in [1.54, 1.807) is 38.1 Å². The average Bonchev–Trinajstić information content (AvgIpc) is 2.98. The molecular weight excluding hydrogens is 532 g/mol. The van der Waals surface area contributed by atoms with Crippen molar-refractivity contribution in [1.82, 2.24) is 10.6 Å². The standard InChI is InChI=1S/C33H48N4O5/c1-4-5-6-10-16-30(38)36-29(22-25-13-8-7-9-14-25)32(40)37-28(15-11-12-21-34)31(39)35-27-19-17-26(18-20-27)23-42-33(41)24(2)3/h7-9,13-14,17-20,24,28-29H,4-6,10-12,15-16,21-23,34H2,1-3H3,(H,35,39)(H,36,38)(H,37,40)/t28-,29-/m0/s1. The zero-order chi connectivity index (χ0) is 30.7. The van der Waals surface area contributed by atoms with Gasteiger partial charge in [-0.25, -0.2) is 0 Å². The summed E-state index contributed by atoms with van der Waals surface area (Å²) < 4.78 is 5.26. The van der Waals surface area contributed by atoms with Crippen molar-refractivity contribution in [2.24, 2.45) is 11.7 Å². The molecule has 2 aromatic carbocycles. The molecule has 0 heterocycles. The fourth-order valence-corrected chi connectivity index (χ4v) is 4.31. The molecule has 0 spiro atoms. The monoisotopic (exact) mass is 580 g/mol. The van der Waals surface area contributed by atoms with Crippen LogP contribution < -0.4 is 21.7 Å². The van der Waals surface area contributed by atoms with Crippen LogP contribution in [0.5, 0.6) is 0 Å². The normalized spacial score (nSPS) is 12.3. The van der Waals surface area contributed by atoms with E-state index in [1.807, 2.05) is 30.3 Å². The molecule has 0 unspecified atom stereocenters. The second-order valence-electron chi connectivity index (χ2n) is 10.9. The van der Waals surface area contributed by atoms with E-state index in [2.05, 4.69) is 22.9 Å². The van der Waals surface area contributed by atoms with Crippen LogP contribution >= 0.6 is 0 Å². The number of ether oxygens (including phenoxy) is 1. The Hall–Kier alpha value is -3.72. The Morgan fingerprint density at radius 1 is 0.786 bits per heavy atom. The third-order valence-corrected chi connectivity index (χ3v) is 6.85. The quantitative estimate of drug-likeness (QED) is 0.141. The van der Waals surface area contributed by atoms with Gasteiger partial charge in [0.25, 0.3) is 0 Å². The van der Waals surface area contributed by atoms with Crippen molar-refractivity contribution in [3.05, 3.63) is 65.7 Å². The van der Waals surface area contributed by atoms with Crippen molar-refractivity contribution < 1.29 is 23.9 Å². The van der Waals surface area contributed by atoms with E-state index < -0.39 is 18.0 Å². The van der Waals surface area contributed by atoms with Crippen molar-refractivity contribution in [3.8, 4) is 0 Å². The molecule has 5 N–H and O–H groups in total. The number of anilines is 1. The molecule has 9 nitrogen and oxygen atoms in total. The molecule has 0 aliphatic carbocycles. The van der Waals surface area contributed by atoms with Crippen LogP contribution in [0.4, 0.5) is 5.69 Å². The molecule has 9 heteroatoms. The molecule has 0 aliphatic heterocycles. The zero-order valence-corrected chi connectivity index (χ0v) is 25.3. The van der Waals surface area contributed by atoms with Gasteiger partial charge in [0, 0.05) is 18.5 Å². The minimum atomic E-state index is -0.816. The highest BCUT2D eigenvalue weighted by atomic mass is 16.5. The Morgan fingerprint density at radius 2 is 1.50 bits per heavy atom. The fraction of sp³-hybridized carbons (Fsp3) is 0.515. The summed E-state index contributed by atoms with van der Waals surface area (Å²) in [7, 11) is 0. The summed E-state index contributed by atoms with van der Waals surface area (Å²) in [5.41, 5.74) is 7.93. The molecule has 0 radical (unpaired) electrons. The second kappa shape index (κ2) is 19.4. The predicted molar refractivity (Wildman–Crippen MR) is 165 cm³/mol. The number of nitrogens with two attached hydrogens (primary N) is 1. The van der Waals surface area contributed by atoms with Crippen LogP contribution in [-0.4, -0.2) is 42.3 Å². The van der Waals surface area contributed by atoms with E-state index in [0.29, 0.717) is 44.3 Å². The molecule has 3 amide bonds.